The molecule has 0 aliphatic rings. The molecule has 3 nitrogen and oxygen atoms in total. The summed E-state index contributed by atoms with van der Waals surface area (Å²) in [6, 6.07) is 43.4. The molecule has 0 aliphatic carbocycles. The third kappa shape index (κ3) is 3.39. The van der Waals surface area contributed by atoms with Crippen LogP contribution in [0.4, 0.5) is 0 Å². The first kappa shape index (κ1) is 21.6. The molecule has 0 fully saturated rings. The second-order valence-electron chi connectivity index (χ2n) is 9.80. The van der Waals surface area contributed by atoms with Gasteiger partial charge in [0.05, 0.1) is 22.1 Å². The van der Waals surface area contributed by atoms with Crippen LogP contribution in [0.2, 0.25) is 0 Å². The number of nitrogens with zero attached hydrogens (tertiary/aromatic N) is 3. The predicted octanol–water partition coefficient (Wildman–Crippen LogP) is 8.23. The van der Waals surface area contributed by atoms with Gasteiger partial charge in [0.25, 0.3) is 0 Å². The highest BCUT2D eigenvalue weighted by Gasteiger charge is 2.21. The first-order valence-electron chi connectivity index (χ1n) is 12.8. The average molecular weight is 478 g/mol. The monoisotopic (exact) mass is 477 g/mol. The van der Waals surface area contributed by atoms with Crippen LogP contribution in [0, 0.1) is 13.8 Å². The molecule has 0 unspecified atom stereocenters. The van der Waals surface area contributed by atoms with Crippen LogP contribution < -0.4 is 0 Å². The molecule has 37 heavy (non-hydrogen) atoms. The Morgan fingerprint density at radius 1 is 0.541 bits per heavy atom. The summed E-state index contributed by atoms with van der Waals surface area (Å²) >= 11 is 0. The zero-order valence-corrected chi connectivity index (χ0v) is 21.0. The number of imidazole rings is 2. The molecule has 0 saturated carbocycles. The molecular formula is C34H27N3. The molecule has 7 rings (SSSR count). The Kier molecular flexibility index (Phi) is 4.97. The Morgan fingerprint density at radius 3 is 1.73 bits per heavy atom. The van der Waals surface area contributed by atoms with Gasteiger partial charge in [-0.2, -0.15) is 0 Å². The van der Waals surface area contributed by atoms with Crippen LogP contribution in [-0.4, -0.2) is 14.0 Å². The Balaban J connectivity index is 1.43. The van der Waals surface area contributed by atoms with E-state index in [1.165, 1.54) is 27.8 Å². The molecule has 0 bridgehead atoms. The lowest BCUT2D eigenvalue weighted by atomic mass is 9.81. The number of fused-ring (bicyclic) bond motifs is 5. The van der Waals surface area contributed by atoms with Gasteiger partial charge < -0.3 is 0 Å². The van der Waals surface area contributed by atoms with E-state index in [9.17, 15) is 0 Å². The van der Waals surface area contributed by atoms with Gasteiger partial charge in [0.15, 0.2) is 0 Å². The number of hydrogen-bond acceptors (Lipinski definition) is 1. The van der Waals surface area contributed by atoms with E-state index in [2.05, 4.69) is 138 Å². The first-order chi connectivity index (χ1) is 18.2. The van der Waals surface area contributed by atoms with Crippen LogP contribution in [0.25, 0.3) is 33.5 Å². The van der Waals surface area contributed by atoms with E-state index in [4.69, 9.17) is 4.98 Å². The van der Waals surface area contributed by atoms with Crippen molar-refractivity contribution < 1.29 is 0 Å². The van der Waals surface area contributed by atoms with Gasteiger partial charge in [-0.1, -0.05) is 84.9 Å². The van der Waals surface area contributed by atoms with Crippen molar-refractivity contribution in [3.05, 3.63) is 149 Å². The molecule has 2 heterocycles. The fourth-order valence-electron chi connectivity index (χ4n) is 5.77. The second kappa shape index (κ2) is 8.49. The van der Waals surface area contributed by atoms with Crippen LogP contribution in [-0.2, 0) is 0 Å². The Morgan fingerprint density at radius 2 is 1.08 bits per heavy atom. The van der Waals surface area contributed by atoms with Crippen LogP contribution >= 0.6 is 0 Å². The van der Waals surface area contributed by atoms with Crippen molar-refractivity contribution in [2.75, 3.05) is 0 Å². The standard InChI is InChI=1S/C34H27N3/c1-23-11-3-5-13-27(23)33(28-14-6-4-12-24(28)2)25-19-21-26(22-20-25)36-31-17-9-10-18-32(31)37-30-16-8-7-15-29(30)35-34(36)37/h3-22,33H,1-2H3. The average Bonchev–Trinajstić information content (AvgIpc) is 3.46. The minimum Gasteiger partial charge on any atom is -0.278 e. The minimum atomic E-state index is 0.173. The van der Waals surface area contributed by atoms with E-state index in [0.717, 1.165) is 33.5 Å². The fourth-order valence-corrected chi connectivity index (χ4v) is 5.77. The molecule has 0 atom stereocenters. The molecule has 5 aromatic carbocycles. The van der Waals surface area contributed by atoms with Crippen molar-refractivity contribution in [3.63, 3.8) is 0 Å². The molecule has 0 aliphatic heterocycles. The summed E-state index contributed by atoms with van der Waals surface area (Å²) in [6.45, 7) is 4.42. The van der Waals surface area contributed by atoms with Gasteiger partial charge in [-0.3, -0.25) is 8.97 Å². The molecule has 0 amide bonds. The highest BCUT2D eigenvalue weighted by Crippen LogP contribution is 2.36. The van der Waals surface area contributed by atoms with Gasteiger partial charge in [0, 0.05) is 11.6 Å². The molecule has 3 heteroatoms. The van der Waals surface area contributed by atoms with Gasteiger partial charge in [-0.25, -0.2) is 4.98 Å². The smallest absolute Gasteiger partial charge is 0.220 e. The number of rotatable bonds is 4. The van der Waals surface area contributed by atoms with Crippen LogP contribution in [0.15, 0.2) is 121 Å². The summed E-state index contributed by atoms with van der Waals surface area (Å²) in [6.07, 6.45) is 0. The summed E-state index contributed by atoms with van der Waals surface area (Å²) in [7, 11) is 0. The lowest BCUT2D eigenvalue weighted by molar-refractivity contribution is 0.947. The van der Waals surface area contributed by atoms with Crippen LogP contribution in [0.5, 0.6) is 0 Å². The summed E-state index contributed by atoms with van der Waals surface area (Å²) in [5, 5.41) is 0. The largest absolute Gasteiger partial charge is 0.278 e. The maximum atomic E-state index is 5.03. The van der Waals surface area contributed by atoms with Crippen molar-refractivity contribution in [2.24, 2.45) is 0 Å². The maximum absolute atomic E-state index is 5.03. The Bertz CT molecular complexity index is 1860. The Labute approximate surface area is 216 Å². The number of para-hydroxylation sites is 4. The van der Waals surface area contributed by atoms with Gasteiger partial charge in [0.1, 0.15) is 0 Å². The molecule has 0 N–H and O–H groups in total. The van der Waals surface area contributed by atoms with Crippen molar-refractivity contribution >= 4 is 27.8 Å². The normalized spacial score (nSPS) is 11.8. The predicted molar refractivity (Wildman–Crippen MR) is 153 cm³/mol. The topological polar surface area (TPSA) is 22.2 Å². The number of aromatic nitrogens is 3. The van der Waals surface area contributed by atoms with Gasteiger partial charge >= 0.3 is 0 Å². The summed E-state index contributed by atoms with van der Waals surface area (Å²) < 4.78 is 4.54. The van der Waals surface area contributed by atoms with Gasteiger partial charge in [-0.15, -0.1) is 0 Å². The molecule has 0 radical (unpaired) electrons. The third-order valence-corrected chi connectivity index (χ3v) is 7.59. The molecule has 178 valence electrons. The van der Waals surface area contributed by atoms with Crippen molar-refractivity contribution in [1.82, 2.24) is 14.0 Å². The van der Waals surface area contributed by atoms with Crippen molar-refractivity contribution in [2.45, 2.75) is 19.8 Å². The van der Waals surface area contributed by atoms with Crippen LogP contribution in [0.1, 0.15) is 33.7 Å². The number of benzene rings is 5. The SMILES string of the molecule is Cc1ccccc1C(c1ccc(-n2c3ccccc3n3c4ccccc4nc23)cc1)c1ccccc1C. The van der Waals surface area contributed by atoms with E-state index >= 15 is 0 Å². The van der Waals surface area contributed by atoms with E-state index in [0.29, 0.717) is 0 Å². The second-order valence-corrected chi connectivity index (χ2v) is 9.80. The quantitative estimate of drug-likeness (QED) is 0.234. The van der Waals surface area contributed by atoms with E-state index in [1.54, 1.807) is 0 Å². The van der Waals surface area contributed by atoms with E-state index in [-0.39, 0.29) is 5.92 Å². The van der Waals surface area contributed by atoms with Gasteiger partial charge in [-0.05, 0) is 78.1 Å². The zero-order chi connectivity index (χ0) is 24.9. The Hall–Kier alpha value is -4.63. The highest BCUT2D eigenvalue weighted by atomic mass is 15.2. The first-order valence-corrected chi connectivity index (χ1v) is 12.8. The minimum absolute atomic E-state index is 0.173. The summed E-state index contributed by atoms with van der Waals surface area (Å²) in [4.78, 5) is 5.03. The van der Waals surface area contributed by atoms with E-state index < -0.39 is 0 Å². The number of hydrogen-bond donors (Lipinski definition) is 0. The lowest BCUT2D eigenvalue weighted by Crippen LogP contribution is -2.07. The maximum Gasteiger partial charge on any atom is 0.220 e. The molecule has 7 aromatic rings. The van der Waals surface area contributed by atoms with Gasteiger partial charge in [0.2, 0.25) is 5.78 Å². The molecule has 0 spiro atoms. The summed E-state index contributed by atoms with van der Waals surface area (Å²) in [5.74, 6) is 1.11. The number of aryl methyl sites for hydroxylation is 2. The third-order valence-electron chi connectivity index (χ3n) is 7.59. The molecule has 0 saturated heterocycles. The van der Waals surface area contributed by atoms with Crippen molar-refractivity contribution in [1.29, 1.82) is 0 Å². The zero-order valence-electron chi connectivity index (χ0n) is 21.0. The van der Waals surface area contributed by atoms with Crippen LogP contribution in [0.3, 0.4) is 0 Å². The fraction of sp³-hybridized carbons (Fsp3) is 0.0882. The van der Waals surface area contributed by atoms with E-state index in [1.807, 2.05) is 6.07 Å². The molecule has 2 aromatic heterocycles. The highest BCUT2D eigenvalue weighted by molar-refractivity contribution is 5.92. The van der Waals surface area contributed by atoms with Crippen molar-refractivity contribution in [3.8, 4) is 5.69 Å². The molecular weight excluding hydrogens is 450 g/mol. The summed E-state index contributed by atoms with van der Waals surface area (Å²) in [5.41, 5.74) is 12.1. The lowest BCUT2D eigenvalue weighted by Gasteiger charge is -2.23.